The van der Waals surface area contributed by atoms with E-state index >= 15 is 0 Å². The Morgan fingerprint density at radius 1 is 1.70 bits per heavy atom. The third-order valence-electron chi connectivity index (χ3n) is 0.503. The number of nitrogens with zero attached hydrogens (tertiary/aromatic N) is 1. The van der Waals surface area contributed by atoms with Gasteiger partial charge in [-0.25, -0.2) is 4.79 Å². The number of halogens is 2. The van der Waals surface area contributed by atoms with E-state index in [4.69, 9.17) is 28.9 Å². The summed E-state index contributed by atoms with van der Waals surface area (Å²) in [5, 5.41) is 3.10. The SMILES string of the molecule is CC(=O)O/N=C(\N)C(Cl)Cl. The summed E-state index contributed by atoms with van der Waals surface area (Å²) >= 11 is 10.5. The van der Waals surface area contributed by atoms with Gasteiger partial charge in [-0.05, 0) is 0 Å². The van der Waals surface area contributed by atoms with E-state index in [0.717, 1.165) is 0 Å². The maximum atomic E-state index is 10.1. The molecule has 58 valence electrons. The Labute approximate surface area is 67.9 Å². The summed E-state index contributed by atoms with van der Waals surface area (Å²) in [7, 11) is 0. The van der Waals surface area contributed by atoms with Gasteiger partial charge in [0.25, 0.3) is 0 Å². The molecule has 0 atom stereocenters. The molecule has 0 radical (unpaired) electrons. The molecule has 0 spiro atoms. The predicted octanol–water partition coefficient (Wildman–Crippen LogP) is 0.625. The predicted molar refractivity (Wildman–Crippen MR) is 38.9 cm³/mol. The molecule has 0 saturated heterocycles. The molecule has 4 nitrogen and oxygen atoms in total. The van der Waals surface area contributed by atoms with Gasteiger partial charge in [-0.2, -0.15) is 0 Å². The molecule has 0 aromatic rings. The van der Waals surface area contributed by atoms with Crippen molar-refractivity contribution in [3.05, 3.63) is 0 Å². The van der Waals surface area contributed by atoms with Crippen LogP contribution in [0.2, 0.25) is 0 Å². The maximum Gasteiger partial charge on any atom is 0.332 e. The third kappa shape index (κ3) is 4.40. The normalized spacial score (nSPS) is 11.8. The van der Waals surface area contributed by atoms with Crippen molar-refractivity contribution in [2.45, 2.75) is 11.8 Å². The lowest BCUT2D eigenvalue weighted by Crippen LogP contribution is -2.20. The highest BCUT2D eigenvalue weighted by atomic mass is 35.5. The smallest absolute Gasteiger partial charge is 0.332 e. The molecule has 0 heterocycles. The zero-order valence-electron chi connectivity index (χ0n) is 5.17. The summed E-state index contributed by atoms with van der Waals surface area (Å²) in [6, 6.07) is 0. The Morgan fingerprint density at radius 3 is 2.50 bits per heavy atom. The first kappa shape index (κ1) is 9.52. The molecule has 0 bridgehead atoms. The van der Waals surface area contributed by atoms with Gasteiger partial charge < -0.3 is 10.6 Å². The van der Waals surface area contributed by atoms with Crippen LogP contribution in [0.1, 0.15) is 6.92 Å². The van der Waals surface area contributed by atoms with Crippen molar-refractivity contribution in [1.82, 2.24) is 0 Å². The standard InChI is InChI=1S/C4H6Cl2N2O2/c1-2(9)10-8-4(7)3(5)6/h3H,1H3,(H2,7,8). The van der Waals surface area contributed by atoms with Gasteiger partial charge in [-0.3, -0.25) is 0 Å². The van der Waals surface area contributed by atoms with Crippen molar-refractivity contribution in [3.63, 3.8) is 0 Å². The van der Waals surface area contributed by atoms with E-state index in [0.29, 0.717) is 0 Å². The zero-order chi connectivity index (χ0) is 8.15. The summed E-state index contributed by atoms with van der Waals surface area (Å²) in [5.74, 6) is -0.713. The van der Waals surface area contributed by atoms with Crippen LogP contribution in [0.4, 0.5) is 0 Å². The van der Waals surface area contributed by atoms with E-state index in [1.807, 2.05) is 0 Å². The number of alkyl halides is 2. The first-order chi connectivity index (χ1) is 4.54. The molecule has 0 fully saturated rings. The molecular formula is C4H6Cl2N2O2. The Bertz CT molecular complexity index is 157. The molecule has 0 amide bonds. The number of rotatable bonds is 2. The average molecular weight is 185 g/mol. The Hall–Kier alpha value is -0.480. The van der Waals surface area contributed by atoms with Crippen molar-refractivity contribution in [1.29, 1.82) is 0 Å². The van der Waals surface area contributed by atoms with Gasteiger partial charge in [0.05, 0.1) is 0 Å². The summed E-state index contributed by atoms with van der Waals surface area (Å²) < 4.78 is 0. The second-order valence-electron chi connectivity index (χ2n) is 1.40. The van der Waals surface area contributed by atoms with Crippen LogP contribution in [-0.4, -0.2) is 16.6 Å². The topological polar surface area (TPSA) is 64.7 Å². The number of oxime groups is 1. The first-order valence-electron chi connectivity index (χ1n) is 2.33. The van der Waals surface area contributed by atoms with Crippen LogP contribution in [0, 0.1) is 0 Å². The lowest BCUT2D eigenvalue weighted by atomic mass is 10.7. The average Bonchev–Trinajstić information content (AvgIpc) is 1.82. The van der Waals surface area contributed by atoms with E-state index in [9.17, 15) is 4.79 Å². The Balaban J connectivity index is 3.80. The third-order valence-corrected chi connectivity index (χ3v) is 0.950. The Morgan fingerprint density at radius 2 is 2.20 bits per heavy atom. The van der Waals surface area contributed by atoms with E-state index in [1.54, 1.807) is 0 Å². The summed E-state index contributed by atoms with van der Waals surface area (Å²) in [6.45, 7) is 1.19. The fourth-order valence-electron chi connectivity index (χ4n) is 0.157. The molecule has 2 N–H and O–H groups in total. The van der Waals surface area contributed by atoms with E-state index < -0.39 is 10.8 Å². The Kier molecular flexibility index (Phi) is 4.14. The van der Waals surface area contributed by atoms with E-state index in [-0.39, 0.29) is 5.84 Å². The van der Waals surface area contributed by atoms with E-state index in [1.165, 1.54) is 6.92 Å². The first-order valence-corrected chi connectivity index (χ1v) is 3.20. The van der Waals surface area contributed by atoms with Crippen LogP contribution in [0.25, 0.3) is 0 Å². The van der Waals surface area contributed by atoms with E-state index in [2.05, 4.69) is 9.99 Å². The molecule has 0 aliphatic carbocycles. The quantitative estimate of drug-likeness (QED) is 0.225. The van der Waals surface area contributed by atoms with Gasteiger partial charge in [0.2, 0.25) is 0 Å². The van der Waals surface area contributed by atoms with Crippen LogP contribution in [0.3, 0.4) is 0 Å². The van der Waals surface area contributed by atoms with Crippen molar-refractivity contribution >= 4 is 35.0 Å². The molecule has 0 unspecified atom stereocenters. The highest BCUT2D eigenvalue weighted by molar-refractivity contribution is 6.53. The molecule has 0 aromatic carbocycles. The minimum atomic E-state index is -0.945. The number of hydrogen-bond donors (Lipinski definition) is 1. The molecule has 0 aromatic heterocycles. The molecular weight excluding hydrogens is 179 g/mol. The van der Waals surface area contributed by atoms with Gasteiger partial charge in [-0.1, -0.05) is 28.4 Å². The van der Waals surface area contributed by atoms with Crippen molar-refractivity contribution in [2.24, 2.45) is 10.9 Å². The fraction of sp³-hybridized carbons (Fsp3) is 0.500. The number of carbonyl (C=O) groups is 1. The van der Waals surface area contributed by atoms with Crippen LogP contribution in [-0.2, 0) is 9.63 Å². The molecule has 0 rings (SSSR count). The molecule has 10 heavy (non-hydrogen) atoms. The summed E-state index contributed by atoms with van der Waals surface area (Å²) in [5.41, 5.74) is 5.07. The van der Waals surface area contributed by atoms with Crippen molar-refractivity contribution < 1.29 is 9.63 Å². The lowest BCUT2D eigenvalue weighted by Gasteiger charge is -1.96. The maximum absolute atomic E-state index is 10.1. The van der Waals surface area contributed by atoms with Gasteiger partial charge in [0, 0.05) is 6.92 Å². The number of nitrogens with two attached hydrogens (primary N) is 1. The summed E-state index contributed by atoms with van der Waals surface area (Å²) in [4.78, 5) is 13.3. The van der Waals surface area contributed by atoms with Crippen molar-refractivity contribution in [3.8, 4) is 0 Å². The van der Waals surface area contributed by atoms with Crippen LogP contribution < -0.4 is 5.73 Å². The largest absolute Gasteiger partial charge is 0.382 e. The summed E-state index contributed by atoms with van der Waals surface area (Å²) in [6.07, 6.45) is 0. The minimum absolute atomic E-state index is 0.140. The second-order valence-corrected chi connectivity index (χ2v) is 2.50. The number of hydrogen-bond acceptors (Lipinski definition) is 3. The fourth-order valence-corrected chi connectivity index (χ4v) is 0.237. The van der Waals surface area contributed by atoms with Crippen LogP contribution >= 0.6 is 23.2 Å². The zero-order valence-corrected chi connectivity index (χ0v) is 6.69. The highest BCUT2D eigenvalue weighted by Crippen LogP contribution is 2.00. The number of amidine groups is 1. The van der Waals surface area contributed by atoms with Crippen molar-refractivity contribution in [2.75, 3.05) is 0 Å². The lowest BCUT2D eigenvalue weighted by molar-refractivity contribution is -0.140. The molecule has 0 aliphatic rings. The van der Waals surface area contributed by atoms with Gasteiger partial charge in [-0.15, -0.1) is 0 Å². The van der Waals surface area contributed by atoms with Gasteiger partial charge >= 0.3 is 5.97 Å². The molecule has 6 heteroatoms. The minimum Gasteiger partial charge on any atom is -0.382 e. The second kappa shape index (κ2) is 4.35. The monoisotopic (exact) mass is 184 g/mol. The highest BCUT2D eigenvalue weighted by Gasteiger charge is 2.04. The molecule has 0 saturated carbocycles. The van der Waals surface area contributed by atoms with Gasteiger partial charge in [0.15, 0.2) is 10.7 Å². The molecule has 0 aliphatic heterocycles. The van der Waals surface area contributed by atoms with Crippen LogP contribution in [0.5, 0.6) is 0 Å². The van der Waals surface area contributed by atoms with Crippen LogP contribution in [0.15, 0.2) is 5.16 Å². The number of carbonyl (C=O) groups excluding carboxylic acids is 1. The van der Waals surface area contributed by atoms with Gasteiger partial charge in [0.1, 0.15) is 0 Å².